The highest BCUT2D eigenvalue weighted by atomic mass is 32.1. The zero-order valence-electron chi connectivity index (χ0n) is 18.0. The van der Waals surface area contributed by atoms with Gasteiger partial charge in [0.25, 0.3) is 0 Å². The van der Waals surface area contributed by atoms with E-state index < -0.39 is 0 Å². The van der Waals surface area contributed by atoms with Crippen LogP contribution in [-0.2, 0) is 0 Å². The van der Waals surface area contributed by atoms with E-state index in [-0.39, 0.29) is 11.5 Å². The second-order valence-electron chi connectivity index (χ2n) is 7.51. The second-order valence-corrected chi connectivity index (χ2v) is 9.40. The van der Waals surface area contributed by atoms with Gasteiger partial charge in [0.15, 0.2) is 0 Å². The Morgan fingerprint density at radius 2 is 1.03 bits per heavy atom. The van der Waals surface area contributed by atoms with Crippen molar-refractivity contribution in [2.45, 2.75) is 0 Å². The normalized spacial score (nSPS) is 11.5. The van der Waals surface area contributed by atoms with Crippen molar-refractivity contribution < 1.29 is 10.2 Å². The van der Waals surface area contributed by atoms with Gasteiger partial charge in [-0.2, -0.15) is 0 Å². The molecule has 0 fully saturated rings. The van der Waals surface area contributed by atoms with Crippen LogP contribution in [0.2, 0.25) is 0 Å². The van der Waals surface area contributed by atoms with E-state index in [1.807, 2.05) is 83.6 Å². The Bertz CT molecular complexity index is 1360. The van der Waals surface area contributed by atoms with Gasteiger partial charge in [0.05, 0.1) is 11.4 Å². The van der Waals surface area contributed by atoms with Crippen LogP contribution in [0.1, 0.15) is 11.1 Å². The third kappa shape index (κ3) is 4.83. The first-order valence-electron chi connectivity index (χ1n) is 10.6. The molecule has 5 aromatic rings. The van der Waals surface area contributed by atoms with E-state index in [4.69, 9.17) is 0 Å². The Hall–Kier alpha value is -4.00. The van der Waals surface area contributed by atoms with Crippen LogP contribution in [0.15, 0.2) is 106 Å². The molecule has 3 aromatic carbocycles. The average molecular weight is 481 g/mol. The van der Waals surface area contributed by atoms with Gasteiger partial charge in [-0.1, -0.05) is 24.3 Å². The monoisotopic (exact) mass is 480 g/mol. The van der Waals surface area contributed by atoms with Gasteiger partial charge in [0.2, 0.25) is 0 Å². The third-order valence-corrected chi connectivity index (χ3v) is 7.07. The smallest absolute Gasteiger partial charge is 0.124 e. The zero-order chi connectivity index (χ0) is 23.3. The molecule has 2 heterocycles. The number of rotatable bonds is 6. The number of thiophene rings is 2. The highest BCUT2D eigenvalue weighted by Gasteiger charge is 2.06. The average Bonchev–Trinajstić information content (AvgIpc) is 3.58. The first kappa shape index (κ1) is 21.8. The van der Waals surface area contributed by atoms with E-state index in [9.17, 15) is 10.2 Å². The van der Waals surface area contributed by atoms with E-state index in [0.29, 0.717) is 22.5 Å². The minimum absolute atomic E-state index is 0.167. The molecule has 166 valence electrons. The molecule has 0 atom stereocenters. The molecule has 0 spiro atoms. The van der Waals surface area contributed by atoms with Crippen molar-refractivity contribution in [3.05, 3.63) is 107 Å². The molecule has 0 aliphatic rings. The standard InChI is InChI=1S/C28H20N2O2S2/c31-25-11-9-19(27-7-3-13-33-27)15-21(25)17-29-23-5-1-2-6-24(23)30-18-22-16-20(10-12-26(22)32)28-8-4-14-34-28/h1-18,31-32H. The summed E-state index contributed by atoms with van der Waals surface area (Å²) in [5.41, 5.74) is 4.64. The molecule has 0 saturated heterocycles. The van der Waals surface area contributed by atoms with Gasteiger partial charge in [0, 0.05) is 33.3 Å². The predicted molar refractivity (Wildman–Crippen MR) is 144 cm³/mol. The lowest BCUT2D eigenvalue weighted by atomic mass is 10.1. The molecule has 4 nitrogen and oxygen atoms in total. The van der Waals surface area contributed by atoms with Crippen LogP contribution in [0, 0.1) is 0 Å². The van der Waals surface area contributed by atoms with E-state index >= 15 is 0 Å². The number of benzene rings is 3. The quantitative estimate of drug-likeness (QED) is 0.241. The van der Waals surface area contributed by atoms with Crippen LogP contribution in [0.4, 0.5) is 11.4 Å². The Labute approximate surface area is 205 Å². The Morgan fingerprint density at radius 1 is 0.559 bits per heavy atom. The molecule has 0 radical (unpaired) electrons. The van der Waals surface area contributed by atoms with E-state index in [2.05, 4.69) is 9.98 Å². The topological polar surface area (TPSA) is 65.2 Å². The lowest BCUT2D eigenvalue weighted by Gasteiger charge is -2.05. The van der Waals surface area contributed by atoms with Gasteiger partial charge in [-0.3, -0.25) is 9.98 Å². The van der Waals surface area contributed by atoms with Crippen molar-refractivity contribution in [1.29, 1.82) is 0 Å². The molecule has 5 rings (SSSR count). The Morgan fingerprint density at radius 3 is 1.44 bits per heavy atom. The lowest BCUT2D eigenvalue weighted by molar-refractivity contribution is 0.474. The fourth-order valence-corrected chi connectivity index (χ4v) is 4.92. The summed E-state index contributed by atoms with van der Waals surface area (Å²) in [6.45, 7) is 0. The molecular formula is C28H20N2O2S2. The SMILES string of the molecule is Oc1ccc(-c2cccs2)cc1C=Nc1ccccc1N=Cc1cc(-c2cccs2)ccc1O. The summed E-state index contributed by atoms with van der Waals surface area (Å²) in [5.74, 6) is 0.334. The number of hydrogen-bond acceptors (Lipinski definition) is 6. The molecule has 34 heavy (non-hydrogen) atoms. The molecule has 0 amide bonds. The maximum atomic E-state index is 10.3. The fourth-order valence-electron chi connectivity index (χ4n) is 3.47. The van der Waals surface area contributed by atoms with Crippen LogP contribution in [-0.4, -0.2) is 22.6 Å². The molecule has 2 N–H and O–H groups in total. The fraction of sp³-hybridized carbons (Fsp3) is 0. The van der Waals surface area contributed by atoms with Gasteiger partial charge >= 0.3 is 0 Å². The summed E-state index contributed by atoms with van der Waals surface area (Å²) in [4.78, 5) is 11.5. The van der Waals surface area contributed by atoms with E-state index in [0.717, 1.165) is 20.9 Å². The highest BCUT2D eigenvalue weighted by molar-refractivity contribution is 7.13. The van der Waals surface area contributed by atoms with Crippen molar-refractivity contribution in [3.8, 4) is 32.4 Å². The molecule has 0 unspecified atom stereocenters. The van der Waals surface area contributed by atoms with Crippen molar-refractivity contribution in [2.24, 2.45) is 9.98 Å². The molecule has 2 aromatic heterocycles. The van der Waals surface area contributed by atoms with E-state index in [1.165, 1.54) is 0 Å². The Balaban J connectivity index is 1.43. The number of hydrogen-bond donors (Lipinski definition) is 2. The number of phenols is 2. The van der Waals surface area contributed by atoms with Crippen LogP contribution in [0.25, 0.3) is 20.9 Å². The summed E-state index contributed by atoms with van der Waals surface area (Å²) in [6.07, 6.45) is 3.30. The van der Waals surface area contributed by atoms with Crippen molar-refractivity contribution >= 4 is 46.5 Å². The molecule has 0 bridgehead atoms. The van der Waals surface area contributed by atoms with Crippen LogP contribution in [0.5, 0.6) is 11.5 Å². The van der Waals surface area contributed by atoms with Gasteiger partial charge in [-0.15, -0.1) is 22.7 Å². The summed E-state index contributed by atoms with van der Waals surface area (Å²) in [5, 5.41) is 24.7. The maximum Gasteiger partial charge on any atom is 0.124 e. The van der Waals surface area contributed by atoms with Crippen LogP contribution < -0.4 is 0 Å². The largest absolute Gasteiger partial charge is 0.507 e. The number of aliphatic imine (C=N–C) groups is 2. The molecular weight excluding hydrogens is 460 g/mol. The zero-order valence-corrected chi connectivity index (χ0v) is 19.6. The maximum absolute atomic E-state index is 10.3. The van der Waals surface area contributed by atoms with Crippen LogP contribution in [0.3, 0.4) is 0 Å². The highest BCUT2D eigenvalue weighted by Crippen LogP contribution is 2.32. The lowest BCUT2D eigenvalue weighted by Crippen LogP contribution is -1.85. The summed E-state index contributed by atoms with van der Waals surface area (Å²) in [7, 11) is 0. The van der Waals surface area contributed by atoms with E-state index in [1.54, 1.807) is 47.2 Å². The van der Waals surface area contributed by atoms with Crippen LogP contribution >= 0.6 is 22.7 Å². The van der Waals surface area contributed by atoms with Gasteiger partial charge in [0.1, 0.15) is 11.5 Å². The van der Waals surface area contributed by atoms with Gasteiger partial charge < -0.3 is 10.2 Å². The summed E-state index contributed by atoms with van der Waals surface area (Å²) >= 11 is 3.30. The third-order valence-electron chi connectivity index (χ3n) is 5.23. The van der Waals surface area contributed by atoms with Crippen molar-refractivity contribution in [2.75, 3.05) is 0 Å². The Kier molecular flexibility index (Phi) is 6.33. The molecule has 6 heteroatoms. The van der Waals surface area contributed by atoms with Crippen molar-refractivity contribution in [3.63, 3.8) is 0 Å². The minimum atomic E-state index is 0.167. The summed E-state index contributed by atoms with van der Waals surface area (Å²) in [6, 6.07) is 26.6. The molecule has 0 aliphatic carbocycles. The number of aromatic hydroxyl groups is 2. The molecule has 0 aliphatic heterocycles. The van der Waals surface area contributed by atoms with Gasteiger partial charge in [-0.05, 0) is 82.6 Å². The first-order chi connectivity index (χ1) is 16.7. The first-order valence-corrected chi connectivity index (χ1v) is 12.3. The number of para-hydroxylation sites is 2. The number of nitrogens with zero attached hydrogens (tertiary/aromatic N) is 2. The predicted octanol–water partition coefficient (Wildman–Crippen LogP) is 8.06. The van der Waals surface area contributed by atoms with Crippen molar-refractivity contribution in [1.82, 2.24) is 0 Å². The molecule has 0 saturated carbocycles. The van der Waals surface area contributed by atoms with Gasteiger partial charge in [-0.25, -0.2) is 0 Å². The summed E-state index contributed by atoms with van der Waals surface area (Å²) < 4.78 is 0. The second kappa shape index (κ2) is 9.87. The number of phenolic OH excluding ortho intramolecular Hbond substituents is 2. The minimum Gasteiger partial charge on any atom is -0.507 e.